The van der Waals surface area contributed by atoms with Gasteiger partial charge in [0, 0.05) is 18.5 Å². The molecule has 1 fully saturated rings. The molecule has 8 heteroatoms. The Morgan fingerprint density at radius 3 is 2.69 bits per heavy atom. The third kappa shape index (κ3) is 6.18. The van der Waals surface area contributed by atoms with Gasteiger partial charge in [0.1, 0.15) is 11.6 Å². The Kier molecular flexibility index (Phi) is 7.65. The lowest BCUT2D eigenvalue weighted by atomic mass is 9.96. The molecule has 4 N–H and O–H groups in total. The Morgan fingerprint density at radius 2 is 2.04 bits per heavy atom. The van der Waals surface area contributed by atoms with E-state index in [9.17, 15) is 14.0 Å². The number of nitrogens with two attached hydrogens (primary N) is 1. The van der Waals surface area contributed by atoms with Gasteiger partial charge in [-0.1, -0.05) is 0 Å². The fraction of sp³-hybridized carbons (Fsp3) is 0.556. The number of benzene rings is 1. The summed E-state index contributed by atoms with van der Waals surface area (Å²) in [5, 5.41) is 5.43. The number of methoxy groups -OCH3 is 1. The van der Waals surface area contributed by atoms with Gasteiger partial charge in [-0.25, -0.2) is 9.18 Å². The first-order valence-electron chi connectivity index (χ1n) is 8.89. The zero-order chi connectivity index (χ0) is 18.9. The van der Waals surface area contributed by atoms with E-state index in [-0.39, 0.29) is 23.6 Å². The van der Waals surface area contributed by atoms with Crippen LogP contribution in [0.5, 0.6) is 5.75 Å². The maximum Gasteiger partial charge on any atom is 0.319 e. The number of amides is 3. The fourth-order valence-corrected chi connectivity index (χ4v) is 3.04. The van der Waals surface area contributed by atoms with E-state index >= 15 is 0 Å². The molecule has 0 unspecified atom stereocenters. The van der Waals surface area contributed by atoms with Crippen LogP contribution in [0.4, 0.5) is 14.9 Å². The van der Waals surface area contributed by atoms with Gasteiger partial charge in [-0.15, -0.1) is 0 Å². The van der Waals surface area contributed by atoms with Crippen molar-refractivity contribution in [3.05, 3.63) is 24.0 Å². The highest BCUT2D eigenvalue weighted by molar-refractivity contribution is 5.90. The van der Waals surface area contributed by atoms with Crippen LogP contribution < -0.4 is 21.1 Å². The van der Waals surface area contributed by atoms with E-state index in [4.69, 9.17) is 10.5 Å². The number of rotatable bonds is 8. The third-order valence-corrected chi connectivity index (χ3v) is 4.59. The number of piperidine rings is 1. The van der Waals surface area contributed by atoms with Gasteiger partial charge in [0.2, 0.25) is 5.91 Å². The number of primary amides is 1. The largest absolute Gasteiger partial charge is 0.494 e. The van der Waals surface area contributed by atoms with E-state index in [1.54, 1.807) is 0 Å². The van der Waals surface area contributed by atoms with Crippen LogP contribution in [0.3, 0.4) is 0 Å². The molecule has 1 aromatic carbocycles. The molecule has 1 heterocycles. The Hall–Kier alpha value is -2.35. The number of hydrogen-bond acceptors (Lipinski definition) is 4. The maximum atomic E-state index is 13.1. The van der Waals surface area contributed by atoms with Crippen molar-refractivity contribution in [1.82, 2.24) is 10.2 Å². The van der Waals surface area contributed by atoms with Gasteiger partial charge in [0.15, 0.2) is 0 Å². The van der Waals surface area contributed by atoms with Crippen LogP contribution in [0, 0.1) is 11.7 Å². The van der Waals surface area contributed by atoms with E-state index in [0.29, 0.717) is 12.2 Å². The van der Waals surface area contributed by atoms with Gasteiger partial charge in [0.05, 0.1) is 12.8 Å². The van der Waals surface area contributed by atoms with E-state index in [1.807, 2.05) is 0 Å². The van der Waals surface area contributed by atoms with Crippen LogP contribution in [0.15, 0.2) is 18.2 Å². The van der Waals surface area contributed by atoms with Gasteiger partial charge in [-0.2, -0.15) is 0 Å². The summed E-state index contributed by atoms with van der Waals surface area (Å²) in [7, 11) is 1.42. The second-order valence-corrected chi connectivity index (χ2v) is 6.45. The van der Waals surface area contributed by atoms with Crippen molar-refractivity contribution in [3.63, 3.8) is 0 Å². The summed E-state index contributed by atoms with van der Waals surface area (Å²) >= 11 is 0. The SMILES string of the molecule is COc1cc(F)ccc1NC(=O)NCCCCN1CCC(C(N)=O)CC1. The number of ether oxygens (including phenoxy) is 1. The summed E-state index contributed by atoms with van der Waals surface area (Å²) in [5.41, 5.74) is 5.75. The summed E-state index contributed by atoms with van der Waals surface area (Å²) < 4.78 is 18.2. The number of carbonyl (C=O) groups is 2. The molecule has 144 valence electrons. The molecule has 0 aromatic heterocycles. The lowest BCUT2D eigenvalue weighted by Crippen LogP contribution is -2.39. The summed E-state index contributed by atoms with van der Waals surface area (Å²) in [5.74, 6) is -0.329. The number of carbonyl (C=O) groups excluding carboxylic acids is 2. The van der Waals surface area contributed by atoms with E-state index < -0.39 is 5.82 Å². The van der Waals surface area contributed by atoms with Gasteiger partial charge < -0.3 is 26.0 Å². The monoisotopic (exact) mass is 366 g/mol. The minimum Gasteiger partial charge on any atom is -0.494 e. The van der Waals surface area contributed by atoms with Crippen molar-refractivity contribution in [3.8, 4) is 5.75 Å². The Bertz CT molecular complexity index is 618. The number of unbranched alkanes of at least 4 members (excludes halogenated alkanes) is 1. The first kappa shape index (κ1) is 20.0. The number of anilines is 1. The average Bonchev–Trinajstić information content (AvgIpc) is 2.63. The summed E-state index contributed by atoms with van der Waals surface area (Å²) in [6.45, 7) is 3.28. The standard InChI is InChI=1S/C18H27FN4O3/c1-26-16-12-14(19)4-5-15(16)22-18(25)21-8-2-3-9-23-10-6-13(7-11-23)17(20)24/h4-5,12-13H,2-3,6-11H2,1H3,(H2,20,24)(H2,21,22,25). The molecule has 0 aliphatic carbocycles. The third-order valence-electron chi connectivity index (χ3n) is 4.59. The predicted octanol–water partition coefficient (Wildman–Crippen LogP) is 1.93. The molecule has 26 heavy (non-hydrogen) atoms. The zero-order valence-corrected chi connectivity index (χ0v) is 15.1. The maximum absolute atomic E-state index is 13.1. The smallest absolute Gasteiger partial charge is 0.319 e. The molecule has 7 nitrogen and oxygen atoms in total. The normalized spacial score (nSPS) is 15.5. The molecular weight excluding hydrogens is 339 g/mol. The molecule has 0 atom stereocenters. The molecule has 0 saturated carbocycles. The fourth-order valence-electron chi connectivity index (χ4n) is 3.04. The summed E-state index contributed by atoms with van der Waals surface area (Å²) in [6.07, 6.45) is 3.47. The van der Waals surface area contributed by atoms with Crippen LogP contribution in [0.2, 0.25) is 0 Å². The number of urea groups is 1. The van der Waals surface area contributed by atoms with Crippen molar-refractivity contribution in [1.29, 1.82) is 0 Å². The van der Waals surface area contributed by atoms with Crippen LogP contribution in [0.1, 0.15) is 25.7 Å². The number of likely N-dealkylation sites (tertiary alicyclic amines) is 1. The Labute approximate surface area is 153 Å². The second kappa shape index (κ2) is 9.96. The van der Waals surface area contributed by atoms with E-state index in [2.05, 4.69) is 15.5 Å². The quantitative estimate of drug-likeness (QED) is 0.613. The van der Waals surface area contributed by atoms with Gasteiger partial charge in [0.25, 0.3) is 0 Å². The number of halogens is 1. The van der Waals surface area contributed by atoms with Crippen molar-refractivity contribution in [2.24, 2.45) is 11.7 Å². The highest BCUT2D eigenvalue weighted by Crippen LogP contribution is 2.24. The van der Waals surface area contributed by atoms with Gasteiger partial charge >= 0.3 is 6.03 Å². The van der Waals surface area contributed by atoms with E-state index in [0.717, 1.165) is 45.3 Å². The van der Waals surface area contributed by atoms with Crippen LogP contribution in [0.25, 0.3) is 0 Å². The number of nitrogens with one attached hydrogen (secondary N) is 2. The molecule has 1 aliphatic rings. The minimum absolute atomic E-state index is 0.0139. The van der Waals surface area contributed by atoms with Crippen LogP contribution >= 0.6 is 0 Å². The van der Waals surface area contributed by atoms with Crippen molar-refractivity contribution in [2.75, 3.05) is 38.6 Å². The topological polar surface area (TPSA) is 96.7 Å². The predicted molar refractivity (Wildman–Crippen MR) is 97.6 cm³/mol. The molecule has 0 spiro atoms. The highest BCUT2D eigenvalue weighted by Gasteiger charge is 2.22. The summed E-state index contributed by atoms with van der Waals surface area (Å²) in [6, 6.07) is 3.59. The molecule has 2 rings (SSSR count). The van der Waals surface area contributed by atoms with Crippen molar-refractivity contribution >= 4 is 17.6 Å². The Morgan fingerprint density at radius 1 is 1.31 bits per heavy atom. The van der Waals surface area contributed by atoms with Crippen LogP contribution in [-0.2, 0) is 4.79 Å². The molecule has 1 saturated heterocycles. The van der Waals surface area contributed by atoms with Crippen molar-refractivity contribution < 1.29 is 18.7 Å². The lowest BCUT2D eigenvalue weighted by molar-refractivity contribution is -0.123. The molecule has 1 aliphatic heterocycles. The number of hydrogen-bond donors (Lipinski definition) is 3. The van der Waals surface area contributed by atoms with E-state index in [1.165, 1.54) is 25.3 Å². The first-order chi connectivity index (χ1) is 12.5. The molecule has 0 radical (unpaired) electrons. The van der Waals surface area contributed by atoms with Gasteiger partial charge in [-0.3, -0.25) is 4.79 Å². The Balaban J connectivity index is 1.60. The highest BCUT2D eigenvalue weighted by atomic mass is 19.1. The first-order valence-corrected chi connectivity index (χ1v) is 8.89. The lowest BCUT2D eigenvalue weighted by Gasteiger charge is -2.30. The molecular formula is C18H27FN4O3. The molecule has 0 bridgehead atoms. The zero-order valence-electron chi connectivity index (χ0n) is 15.1. The molecule has 1 aromatic rings. The summed E-state index contributed by atoms with van der Waals surface area (Å²) in [4.78, 5) is 25.4. The molecule has 3 amide bonds. The van der Waals surface area contributed by atoms with Gasteiger partial charge in [-0.05, 0) is 57.5 Å². The average molecular weight is 366 g/mol. The van der Waals surface area contributed by atoms with Crippen molar-refractivity contribution in [2.45, 2.75) is 25.7 Å². The minimum atomic E-state index is -0.423. The van der Waals surface area contributed by atoms with Crippen LogP contribution in [-0.4, -0.2) is 50.1 Å². The second-order valence-electron chi connectivity index (χ2n) is 6.45. The number of nitrogens with zero attached hydrogens (tertiary/aromatic N) is 1.